The largest absolute Gasteiger partial charge is 0.497 e. The number of aromatic nitrogens is 3. The molecule has 0 bridgehead atoms. The summed E-state index contributed by atoms with van der Waals surface area (Å²) in [5.74, 6) is 1.14. The first-order valence-electron chi connectivity index (χ1n) is 13.4. The highest BCUT2D eigenvalue weighted by Crippen LogP contribution is 2.36. The van der Waals surface area contributed by atoms with Gasteiger partial charge in [0.25, 0.3) is 0 Å². The van der Waals surface area contributed by atoms with Crippen molar-refractivity contribution in [2.75, 3.05) is 11.9 Å². The summed E-state index contributed by atoms with van der Waals surface area (Å²) in [6, 6.07) is 12.5. The topological polar surface area (TPSA) is 93.6 Å². The zero-order valence-electron chi connectivity index (χ0n) is 23.9. The number of benzene rings is 2. The molecule has 0 fully saturated rings. The van der Waals surface area contributed by atoms with Crippen molar-refractivity contribution in [2.45, 2.75) is 45.9 Å². The van der Waals surface area contributed by atoms with Gasteiger partial charge in [0.05, 0.1) is 54.3 Å². The standard InChI is InChI=1S/C29H30N4O4/c1-19-14-30-28(37-19)23-11-22-8-7-21(24-15-31-32(17-24)18-29(2,3)35)12-26(22)33(27(34)13-23)16-20-5-9-25(36-4)10-6-20/h5-12,14-15,17,35H,13,16,18H2,1-4H3/i4D3. The third-order valence-electron chi connectivity index (χ3n) is 6.09. The number of hydrogen-bond acceptors (Lipinski definition) is 6. The van der Waals surface area contributed by atoms with Crippen LogP contribution in [0.15, 0.2) is 65.5 Å². The van der Waals surface area contributed by atoms with E-state index in [0.717, 1.165) is 22.3 Å². The summed E-state index contributed by atoms with van der Waals surface area (Å²) in [5, 5.41) is 14.6. The minimum Gasteiger partial charge on any atom is -0.497 e. The molecule has 0 radical (unpaired) electrons. The lowest BCUT2D eigenvalue weighted by Crippen LogP contribution is -2.30. The summed E-state index contributed by atoms with van der Waals surface area (Å²) < 4.78 is 34.3. The normalized spacial score (nSPS) is 15.4. The van der Waals surface area contributed by atoms with Gasteiger partial charge in [-0.15, -0.1) is 0 Å². The second-order valence-corrected chi connectivity index (χ2v) is 9.86. The monoisotopic (exact) mass is 501 g/mol. The molecule has 0 aliphatic carbocycles. The first-order chi connectivity index (χ1) is 18.8. The molecule has 2 aromatic heterocycles. The fourth-order valence-corrected chi connectivity index (χ4v) is 4.37. The van der Waals surface area contributed by atoms with E-state index in [9.17, 15) is 9.90 Å². The van der Waals surface area contributed by atoms with Gasteiger partial charge in [-0.3, -0.25) is 9.48 Å². The fourth-order valence-electron chi connectivity index (χ4n) is 4.37. The van der Waals surface area contributed by atoms with E-state index in [2.05, 4.69) is 10.1 Å². The molecule has 0 unspecified atom stereocenters. The maximum absolute atomic E-state index is 13.7. The molecule has 0 saturated heterocycles. The van der Waals surface area contributed by atoms with Crippen molar-refractivity contribution in [2.24, 2.45) is 0 Å². The number of carbonyl (C=O) groups excluding carboxylic acids is 1. The smallest absolute Gasteiger partial charge is 0.231 e. The molecule has 3 heterocycles. The van der Waals surface area contributed by atoms with Crippen LogP contribution in [0.1, 0.15) is 47.2 Å². The van der Waals surface area contributed by atoms with Crippen molar-refractivity contribution >= 4 is 23.2 Å². The van der Waals surface area contributed by atoms with Gasteiger partial charge < -0.3 is 19.2 Å². The maximum Gasteiger partial charge on any atom is 0.231 e. The van der Waals surface area contributed by atoms with Crippen LogP contribution in [-0.4, -0.2) is 38.4 Å². The van der Waals surface area contributed by atoms with E-state index < -0.39 is 12.6 Å². The lowest BCUT2D eigenvalue weighted by Gasteiger charge is -2.24. The molecule has 8 heteroatoms. The highest BCUT2D eigenvalue weighted by Gasteiger charge is 2.26. The highest BCUT2D eigenvalue weighted by molar-refractivity contribution is 6.06. The number of methoxy groups -OCH3 is 1. The maximum atomic E-state index is 13.7. The Morgan fingerprint density at radius 1 is 1.16 bits per heavy atom. The van der Waals surface area contributed by atoms with Gasteiger partial charge in [0.2, 0.25) is 11.8 Å². The van der Waals surface area contributed by atoms with Crippen LogP contribution in [0.2, 0.25) is 0 Å². The molecule has 190 valence electrons. The average molecular weight is 502 g/mol. The number of carbonyl (C=O) groups is 1. The van der Waals surface area contributed by atoms with E-state index in [1.165, 1.54) is 0 Å². The number of oxazole rings is 1. The lowest BCUT2D eigenvalue weighted by atomic mass is 10.0. The summed E-state index contributed by atoms with van der Waals surface area (Å²) in [4.78, 5) is 19.8. The lowest BCUT2D eigenvalue weighted by molar-refractivity contribution is -0.117. The Labute approximate surface area is 220 Å². The highest BCUT2D eigenvalue weighted by atomic mass is 16.5. The number of rotatable bonds is 7. The molecule has 1 aliphatic heterocycles. The first-order valence-corrected chi connectivity index (χ1v) is 11.9. The molecule has 1 amide bonds. The van der Waals surface area contributed by atoms with E-state index in [4.69, 9.17) is 13.3 Å². The molecule has 2 aromatic carbocycles. The van der Waals surface area contributed by atoms with E-state index in [1.54, 1.807) is 67.0 Å². The third kappa shape index (κ3) is 5.49. The molecule has 1 N–H and O–H groups in total. The third-order valence-corrected chi connectivity index (χ3v) is 6.09. The summed E-state index contributed by atoms with van der Waals surface area (Å²) in [7, 11) is -2.54. The molecule has 0 saturated carbocycles. The summed E-state index contributed by atoms with van der Waals surface area (Å²) in [6.07, 6.45) is 7.24. The zero-order chi connectivity index (χ0) is 28.7. The Hall–Kier alpha value is -4.17. The molecular formula is C29H30N4O4. The van der Waals surface area contributed by atoms with Crippen molar-refractivity contribution in [3.05, 3.63) is 83.8 Å². The van der Waals surface area contributed by atoms with Gasteiger partial charge in [0, 0.05) is 17.3 Å². The van der Waals surface area contributed by atoms with Crippen molar-refractivity contribution in [3.63, 3.8) is 0 Å². The molecule has 0 spiro atoms. The van der Waals surface area contributed by atoms with Crippen molar-refractivity contribution in [3.8, 4) is 16.9 Å². The second kappa shape index (κ2) is 9.71. The van der Waals surface area contributed by atoms with Crippen LogP contribution in [0.3, 0.4) is 0 Å². The summed E-state index contributed by atoms with van der Waals surface area (Å²) >= 11 is 0. The van der Waals surface area contributed by atoms with Gasteiger partial charge in [0.1, 0.15) is 11.5 Å². The van der Waals surface area contributed by atoms with Crippen molar-refractivity contribution in [1.82, 2.24) is 14.8 Å². The van der Waals surface area contributed by atoms with Crippen molar-refractivity contribution < 1.29 is 23.2 Å². The van der Waals surface area contributed by atoms with Crippen LogP contribution in [0, 0.1) is 6.92 Å². The van der Waals surface area contributed by atoms with Crippen LogP contribution in [0.5, 0.6) is 5.75 Å². The second-order valence-electron chi connectivity index (χ2n) is 9.86. The number of fused-ring (bicyclic) bond motifs is 1. The predicted molar refractivity (Wildman–Crippen MR) is 142 cm³/mol. The SMILES string of the molecule is [2H]C([2H])([2H])Oc1ccc(CN2C(=O)CC(c3ncc(C)o3)=Cc3ccc(-c4cnn(CC(C)(C)O)c4)cc32)cc1. The Morgan fingerprint density at radius 3 is 2.68 bits per heavy atom. The Balaban J connectivity index is 1.52. The van der Waals surface area contributed by atoms with Crippen LogP contribution < -0.4 is 9.64 Å². The molecule has 8 nitrogen and oxygen atoms in total. The van der Waals surface area contributed by atoms with Crippen molar-refractivity contribution in [1.29, 1.82) is 0 Å². The number of aryl methyl sites for hydroxylation is 1. The molecule has 4 aromatic rings. The van der Waals surface area contributed by atoms with Gasteiger partial charge >= 0.3 is 0 Å². The Bertz CT molecular complexity index is 1560. The van der Waals surface area contributed by atoms with Gasteiger partial charge in [0.15, 0.2) is 0 Å². The van der Waals surface area contributed by atoms with E-state index in [-0.39, 0.29) is 24.6 Å². The van der Waals surface area contributed by atoms with Gasteiger partial charge in [-0.2, -0.15) is 5.10 Å². The van der Waals surface area contributed by atoms with Crippen LogP contribution >= 0.6 is 0 Å². The predicted octanol–water partition coefficient (Wildman–Crippen LogP) is 5.10. The van der Waals surface area contributed by atoms with E-state index in [1.807, 2.05) is 30.5 Å². The molecule has 0 atom stereocenters. The molecular weight excluding hydrogens is 468 g/mol. The van der Waals surface area contributed by atoms with E-state index >= 15 is 0 Å². The number of anilines is 1. The van der Waals surface area contributed by atoms with Gasteiger partial charge in [-0.25, -0.2) is 4.98 Å². The number of ether oxygens (including phenoxy) is 1. The van der Waals surface area contributed by atoms with Crippen LogP contribution in [0.4, 0.5) is 5.69 Å². The minimum atomic E-state index is -2.54. The van der Waals surface area contributed by atoms with Crippen LogP contribution in [0.25, 0.3) is 22.8 Å². The molecule has 1 aliphatic rings. The molecule has 5 rings (SSSR count). The number of nitrogens with zero attached hydrogens (tertiary/aromatic N) is 4. The van der Waals surface area contributed by atoms with Gasteiger partial charge in [-0.1, -0.05) is 24.3 Å². The fraction of sp³-hybridized carbons (Fsp3) is 0.276. The minimum absolute atomic E-state index is 0.0910. The number of amides is 1. The zero-order valence-corrected chi connectivity index (χ0v) is 20.9. The quantitative estimate of drug-likeness (QED) is 0.379. The Kier molecular flexibility index (Phi) is 5.50. The van der Waals surface area contributed by atoms with Crippen LogP contribution in [-0.2, 0) is 17.9 Å². The Morgan fingerprint density at radius 2 is 1.97 bits per heavy atom. The first kappa shape index (κ1) is 21.0. The number of aliphatic hydroxyl groups is 1. The molecule has 37 heavy (non-hydrogen) atoms. The summed E-state index contributed by atoms with van der Waals surface area (Å²) in [5.41, 5.74) is 3.81. The van der Waals surface area contributed by atoms with Gasteiger partial charge in [-0.05, 0) is 61.7 Å². The average Bonchev–Trinajstić information content (AvgIpc) is 3.47. The van der Waals surface area contributed by atoms with E-state index in [0.29, 0.717) is 29.5 Å². The number of hydrogen-bond donors (Lipinski definition) is 1. The summed E-state index contributed by atoms with van der Waals surface area (Å²) in [6.45, 7) is 5.85.